The van der Waals surface area contributed by atoms with Crippen LogP contribution in [0.2, 0.25) is 0 Å². The lowest BCUT2D eigenvalue weighted by Gasteiger charge is -2.26. The first-order valence-electron chi connectivity index (χ1n) is 9.66. The number of rotatable bonds is 7. The molecule has 0 saturated carbocycles. The van der Waals surface area contributed by atoms with Crippen LogP contribution < -0.4 is 10.1 Å². The Morgan fingerprint density at radius 1 is 0.967 bits per heavy atom. The van der Waals surface area contributed by atoms with Crippen molar-refractivity contribution in [3.05, 3.63) is 101 Å². The Morgan fingerprint density at radius 3 is 2.40 bits per heavy atom. The highest BCUT2D eigenvalue weighted by Gasteiger charge is 2.54. The molecular weight excluding hydrogens is 404 g/mol. The SMILES string of the molecule is Fc1cccc(F)c1CNC1(C(Oc2ccccc2)c2csc3ccccc23)CO1. The monoisotopic (exact) mass is 423 g/mol. The zero-order valence-electron chi connectivity index (χ0n) is 16.0. The van der Waals surface area contributed by atoms with Crippen LogP contribution >= 0.6 is 11.3 Å². The minimum atomic E-state index is -0.867. The lowest BCUT2D eigenvalue weighted by molar-refractivity contribution is 0.0728. The van der Waals surface area contributed by atoms with Crippen molar-refractivity contribution in [3.8, 4) is 5.75 Å². The van der Waals surface area contributed by atoms with Gasteiger partial charge in [0.2, 0.25) is 0 Å². The molecule has 2 unspecified atom stereocenters. The summed E-state index contributed by atoms with van der Waals surface area (Å²) in [6.45, 7) is 0.375. The summed E-state index contributed by atoms with van der Waals surface area (Å²) in [6.07, 6.45) is -0.481. The molecule has 1 aliphatic rings. The predicted molar refractivity (Wildman–Crippen MR) is 114 cm³/mol. The summed E-state index contributed by atoms with van der Waals surface area (Å²) < 4.78 is 41.6. The van der Waals surface area contributed by atoms with Crippen LogP contribution in [0.5, 0.6) is 5.75 Å². The van der Waals surface area contributed by atoms with E-state index < -0.39 is 23.5 Å². The topological polar surface area (TPSA) is 33.8 Å². The second kappa shape index (κ2) is 7.80. The van der Waals surface area contributed by atoms with Gasteiger partial charge in [-0.1, -0.05) is 42.5 Å². The summed E-state index contributed by atoms with van der Waals surface area (Å²) in [7, 11) is 0. The van der Waals surface area contributed by atoms with E-state index in [1.165, 1.54) is 18.2 Å². The molecule has 2 heterocycles. The van der Waals surface area contributed by atoms with Crippen LogP contribution in [0.1, 0.15) is 17.2 Å². The Hall–Kier alpha value is -2.80. The predicted octanol–water partition coefficient (Wildman–Crippen LogP) is 5.82. The third-order valence-electron chi connectivity index (χ3n) is 5.30. The van der Waals surface area contributed by atoms with Gasteiger partial charge >= 0.3 is 0 Å². The maximum Gasteiger partial charge on any atom is 0.184 e. The molecule has 0 spiro atoms. The Morgan fingerprint density at radius 2 is 1.67 bits per heavy atom. The van der Waals surface area contributed by atoms with Crippen molar-refractivity contribution >= 4 is 21.4 Å². The Kier molecular flexibility index (Phi) is 4.98. The third-order valence-corrected chi connectivity index (χ3v) is 6.28. The Balaban J connectivity index is 1.49. The summed E-state index contributed by atoms with van der Waals surface area (Å²) in [5.74, 6) is -0.467. The molecule has 1 saturated heterocycles. The van der Waals surface area contributed by atoms with E-state index >= 15 is 0 Å². The smallest absolute Gasteiger partial charge is 0.184 e. The highest BCUT2D eigenvalue weighted by Crippen LogP contribution is 2.45. The number of hydrogen-bond donors (Lipinski definition) is 1. The lowest BCUT2D eigenvalue weighted by Crippen LogP contribution is -2.41. The highest BCUT2D eigenvalue weighted by atomic mass is 32.1. The zero-order valence-corrected chi connectivity index (χ0v) is 16.8. The van der Waals surface area contributed by atoms with Crippen molar-refractivity contribution in [1.82, 2.24) is 5.32 Å². The maximum absolute atomic E-state index is 14.1. The van der Waals surface area contributed by atoms with Gasteiger partial charge in [0.15, 0.2) is 11.8 Å². The fourth-order valence-electron chi connectivity index (χ4n) is 3.61. The molecule has 1 aliphatic heterocycles. The van der Waals surface area contributed by atoms with Crippen molar-refractivity contribution < 1.29 is 18.3 Å². The van der Waals surface area contributed by atoms with Crippen LogP contribution in [0.3, 0.4) is 0 Å². The van der Waals surface area contributed by atoms with Crippen LogP contribution in [-0.4, -0.2) is 12.3 Å². The number of fused-ring (bicyclic) bond motifs is 1. The van der Waals surface area contributed by atoms with Crippen molar-refractivity contribution in [3.63, 3.8) is 0 Å². The fourth-order valence-corrected chi connectivity index (χ4v) is 4.58. The van der Waals surface area contributed by atoms with Crippen LogP contribution in [0.4, 0.5) is 8.78 Å². The van der Waals surface area contributed by atoms with E-state index in [1.807, 2.05) is 42.5 Å². The molecule has 4 aromatic rings. The molecule has 6 heteroatoms. The maximum atomic E-state index is 14.1. The van der Waals surface area contributed by atoms with Gasteiger partial charge in [-0.3, -0.25) is 5.32 Å². The molecule has 2 atom stereocenters. The minimum absolute atomic E-state index is 0.00474. The van der Waals surface area contributed by atoms with E-state index in [-0.39, 0.29) is 12.1 Å². The van der Waals surface area contributed by atoms with Crippen LogP contribution in [0.25, 0.3) is 10.1 Å². The number of epoxide rings is 1. The third kappa shape index (κ3) is 3.58. The Labute approximate surface area is 176 Å². The molecular formula is C24H19F2NO2S. The summed E-state index contributed by atoms with van der Waals surface area (Å²) in [4.78, 5) is 0. The molecule has 30 heavy (non-hydrogen) atoms. The average Bonchev–Trinajstić information content (AvgIpc) is 3.43. The standard InChI is InChI=1S/C24H19F2NO2S/c25-20-10-6-11-21(26)18(20)13-27-24(15-28-24)23(29-16-7-2-1-3-8-16)19-14-30-22-12-5-4-9-17(19)22/h1-12,14,23,27H,13,15H2. The molecule has 0 amide bonds. The number of nitrogens with one attached hydrogen (secondary N) is 1. The van der Waals surface area contributed by atoms with Gasteiger partial charge < -0.3 is 9.47 Å². The van der Waals surface area contributed by atoms with Gasteiger partial charge in [0.05, 0.1) is 6.61 Å². The molecule has 1 N–H and O–H groups in total. The van der Waals surface area contributed by atoms with Crippen LogP contribution in [0, 0.1) is 11.6 Å². The van der Waals surface area contributed by atoms with Crippen molar-refractivity contribution in [2.45, 2.75) is 18.4 Å². The van der Waals surface area contributed by atoms with Gasteiger partial charge in [-0.15, -0.1) is 11.3 Å². The molecule has 152 valence electrons. The summed E-state index contributed by atoms with van der Waals surface area (Å²) in [6, 6.07) is 21.5. The second-order valence-electron chi connectivity index (χ2n) is 7.23. The summed E-state index contributed by atoms with van der Waals surface area (Å²) in [5, 5.41) is 6.36. The van der Waals surface area contributed by atoms with Crippen LogP contribution in [0.15, 0.2) is 78.2 Å². The number of halogens is 2. The largest absolute Gasteiger partial charge is 0.481 e. The first kappa shape index (κ1) is 19.2. The van der Waals surface area contributed by atoms with E-state index in [1.54, 1.807) is 11.3 Å². The average molecular weight is 423 g/mol. The zero-order chi connectivity index (χ0) is 20.6. The van der Waals surface area contributed by atoms with Crippen LogP contribution in [-0.2, 0) is 11.3 Å². The number of ether oxygens (including phenoxy) is 2. The normalized spacial score (nSPS) is 19.0. The first-order chi connectivity index (χ1) is 14.7. The number of thiophene rings is 1. The molecule has 1 aromatic heterocycles. The molecule has 0 radical (unpaired) electrons. The van der Waals surface area contributed by atoms with Gasteiger partial charge in [0.25, 0.3) is 0 Å². The van der Waals surface area contributed by atoms with Crippen molar-refractivity contribution in [2.24, 2.45) is 0 Å². The van der Waals surface area contributed by atoms with Gasteiger partial charge in [-0.05, 0) is 41.1 Å². The van der Waals surface area contributed by atoms with E-state index in [9.17, 15) is 8.78 Å². The van der Waals surface area contributed by atoms with Gasteiger partial charge in [0.1, 0.15) is 17.4 Å². The Bertz CT molecular complexity index is 1150. The highest BCUT2D eigenvalue weighted by molar-refractivity contribution is 7.17. The first-order valence-corrected chi connectivity index (χ1v) is 10.5. The second-order valence-corrected chi connectivity index (χ2v) is 8.14. The van der Waals surface area contributed by atoms with E-state index in [0.29, 0.717) is 12.4 Å². The quantitative estimate of drug-likeness (QED) is 0.381. The molecule has 3 nitrogen and oxygen atoms in total. The van der Waals surface area contributed by atoms with Gasteiger partial charge in [0, 0.05) is 22.4 Å². The summed E-state index contributed by atoms with van der Waals surface area (Å²) >= 11 is 1.63. The van der Waals surface area contributed by atoms with Crippen molar-refractivity contribution in [1.29, 1.82) is 0 Å². The molecule has 5 rings (SSSR count). The lowest BCUT2D eigenvalue weighted by atomic mass is 10.0. The molecule has 1 fully saturated rings. The minimum Gasteiger partial charge on any atom is -0.481 e. The fraction of sp³-hybridized carbons (Fsp3) is 0.167. The summed E-state index contributed by atoms with van der Waals surface area (Å²) in [5.41, 5.74) is 0.105. The molecule has 0 bridgehead atoms. The number of para-hydroxylation sites is 1. The number of benzene rings is 3. The van der Waals surface area contributed by atoms with Crippen molar-refractivity contribution in [2.75, 3.05) is 6.61 Å². The van der Waals surface area contributed by atoms with E-state index in [4.69, 9.17) is 9.47 Å². The van der Waals surface area contributed by atoms with Gasteiger partial charge in [-0.25, -0.2) is 8.78 Å². The molecule has 3 aromatic carbocycles. The van der Waals surface area contributed by atoms with E-state index in [0.717, 1.165) is 15.6 Å². The number of hydrogen-bond acceptors (Lipinski definition) is 4. The molecule has 0 aliphatic carbocycles. The van der Waals surface area contributed by atoms with E-state index in [2.05, 4.69) is 22.8 Å². The van der Waals surface area contributed by atoms with Gasteiger partial charge in [-0.2, -0.15) is 0 Å².